The van der Waals surface area contributed by atoms with E-state index in [0.29, 0.717) is 28.4 Å². The first-order valence-corrected chi connectivity index (χ1v) is 8.12. The Hall–Kier alpha value is -1.99. The molecule has 0 bridgehead atoms. The molecule has 1 N–H and O–H groups in total. The van der Waals surface area contributed by atoms with E-state index in [9.17, 15) is 4.79 Å². The number of aromatic amines is 1. The summed E-state index contributed by atoms with van der Waals surface area (Å²) in [6, 6.07) is 0. The van der Waals surface area contributed by atoms with E-state index < -0.39 is 0 Å². The molecule has 108 valence electrons. The zero-order valence-electron chi connectivity index (χ0n) is 11.6. The minimum Gasteiger partial charge on any atom is -0.491 e. The van der Waals surface area contributed by atoms with Gasteiger partial charge >= 0.3 is 0 Å². The van der Waals surface area contributed by atoms with Crippen molar-refractivity contribution in [3.63, 3.8) is 0 Å². The molecule has 3 aromatic rings. The van der Waals surface area contributed by atoms with Crippen molar-refractivity contribution in [1.29, 1.82) is 0 Å². The van der Waals surface area contributed by atoms with Crippen LogP contribution in [0.4, 0.5) is 0 Å². The number of thiazole rings is 1. The van der Waals surface area contributed by atoms with Crippen LogP contribution in [0.25, 0.3) is 26.5 Å². The van der Waals surface area contributed by atoms with E-state index >= 15 is 0 Å². The van der Waals surface area contributed by atoms with Crippen LogP contribution in [0, 0.1) is 6.92 Å². The molecule has 0 unspecified atom stereocenters. The fourth-order valence-electron chi connectivity index (χ4n) is 1.96. The highest BCUT2D eigenvalue weighted by Crippen LogP contribution is 2.32. The lowest BCUT2D eigenvalue weighted by Gasteiger charge is -2.05. The summed E-state index contributed by atoms with van der Waals surface area (Å²) in [5.41, 5.74) is 1.58. The molecule has 0 aliphatic rings. The third-order valence-electron chi connectivity index (χ3n) is 2.88. The van der Waals surface area contributed by atoms with Gasteiger partial charge in [0.1, 0.15) is 9.84 Å². The van der Waals surface area contributed by atoms with E-state index in [-0.39, 0.29) is 5.56 Å². The van der Waals surface area contributed by atoms with Crippen LogP contribution in [0.1, 0.15) is 18.4 Å². The van der Waals surface area contributed by atoms with Gasteiger partial charge in [0.15, 0.2) is 11.6 Å². The minimum atomic E-state index is -0.194. The molecular weight excluding hydrogens is 306 g/mol. The molecule has 0 aliphatic carbocycles. The maximum absolute atomic E-state index is 12.4. The van der Waals surface area contributed by atoms with Gasteiger partial charge in [0, 0.05) is 22.0 Å². The van der Waals surface area contributed by atoms with Crippen molar-refractivity contribution in [3.05, 3.63) is 39.2 Å². The number of nitrogens with one attached hydrogen (secondary N) is 1. The largest absolute Gasteiger partial charge is 0.491 e. The van der Waals surface area contributed by atoms with E-state index in [2.05, 4.69) is 21.5 Å². The van der Waals surface area contributed by atoms with Crippen molar-refractivity contribution in [2.24, 2.45) is 0 Å². The minimum absolute atomic E-state index is 0.194. The van der Waals surface area contributed by atoms with E-state index in [0.717, 1.165) is 16.3 Å². The Morgan fingerprint density at radius 3 is 2.86 bits per heavy atom. The smallest absolute Gasteiger partial charge is 0.260 e. The van der Waals surface area contributed by atoms with Gasteiger partial charge in [-0.3, -0.25) is 4.79 Å². The fraction of sp³-hybridized carbons (Fsp3) is 0.214. The molecular formula is C14H13N3O2S2. The predicted molar refractivity (Wildman–Crippen MR) is 86.7 cm³/mol. The SMILES string of the molecule is C=C(OCC)c1nc2scc(-c3nc(C)cs3)c2c(=O)[nH]1. The lowest BCUT2D eigenvalue weighted by atomic mass is 10.2. The van der Waals surface area contributed by atoms with Gasteiger partial charge < -0.3 is 9.72 Å². The average molecular weight is 319 g/mol. The standard InChI is InChI=1S/C14H13N3O2S2/c1-4-19-8(3)11-16-12(18)10-9(6-21-14(10)17-11)13-15-7(2)5-20-13/h5-6H,3-4H2,1-2H3,(H,16,17,18). The third kappa shape index (κ3) is 2.50. The zero-order chi connectivity index (χ0) is 15.0. The molecule has 3 heterocycles. The molecule has 3 aromatic heterocycles. The summed E-state index contributed by atoms with van der Waals surface area (Å²) in [5.74, 6) is 0.745. The van der Waals surface area contributed by atoms with Gasteiger partial charge in [-0.2, -0.15) is 0 Å². The number of hydrogen-bond donors (Lipinski definition) is 1. The van der Waals surface area contributed by atoms with Crippen LogP contribution in [-0.2, 0) is 4.74 Å². The van der Waals surface area contributed by atoms with Gasteiger partial charge in [-0.15, -0.1) is 22.7 Å². The third-order valence-corrected chi connectivity index (χ3v) is 4.74. The van der Waals surface area contributed by atoms with E-state index in [1.54, 1.807) is 0 Å². The monoisotopic (exact) mass is 319 g/mol. The molecule has 3 rings (SSSR count). The van der Waals surface area contributed by atoms with Crippen LogP contribution in [0.2, 0.25) is 0 Å². The van der Waals surface area contributed by atoms with Crippen LogP contribution in [0.15, 0.2) is 22.1 Å². The van der Waals surface area contributed by atoms with Crippen LogP contribution >= 0.6 is 22.7 Å². The second-order valence-electron chi connectivity index (χ2n) is 4.39. The van der Waals surface area contributed by atoms with Crippen LogP contribution in [0.5, 0.6) is 0 Å². The Bertz CT molecular complexity index is 876. The van der Waals surface area contributed by atoms with Gasteiger partial charge in [-0.1, -0.05) is 6.58 Å². The molecule has 0 radical (unpaired) electrons. The van der Waals surface area contributed by atoms with Crippen LogP contribution < -0.4 is 5.56 Å². The summed E-state index contributed by atoms with van der Waals surface area (Å²) >= 11 is 2.94. The number of H-pyrrole nitrogens is 1. The summed E-state index contributed by atoms with van der Waals surface area (Å²) in [4.78, 5) is 24.6. The number of aryl methyl sites for hydroxylation is 1. The van der Waals surface area contributed by atoms with Gasteiger partial charge in [0.2, 0.25) is 0 Å². The number of hydrogen-bond acceptors (Lipinski definition) is 6. The van der Waals surface area contributed by atoms with Gasteiger partial charge in [-0.25, -0.2) is 9.97 Å². The van der Waals surface area contributed by atoms with Gasteiger partial charge in [0.05, 0.1) is 12.0 Å². The zero-order valence-corrected chi connectivity index (χ0v) is 13.2. The van der Waals surface area contributed by atoms with Gasteiger partial charge in [0.25, 0.3) is 5.56 Å². The highest BCUT2D eigenvalue weighted by Gasteiger charge is 2.16. The van der Waals surface area contributed by atoms with Gasteiger partial charge in [-0.05, 0) is 13.8 Å². The first kappa shape index (κ1) is 14.0. The molecule has 0 saturated carbocycles. The summed E-state index contributed by atoms with van der Waals surface area (Å²) in [6.07, 6.45) is 0. The Morgan fingerprint density at radius 2 is 2.19 bits per heavy atom. The van der Waals surface area contributed by atoms with Crippen molar-refractivity contribution < 1.29 is 4.74 Å². The Balaban J connectivity index is 2.16. The van der Waals surface area contributed by atoms with Crippen LogP contribution in [-0.4, -0.2) is 21.6 Å². The van der Waals surface area contributed by atoms with E-state index in [1.807, 2.05) is 24.6 Å². The molecule has 7 heteroatoms. The molecule has 0 spiro atoms. The highest BCUT2D eigenvalue weighted by atomic mass is 32.1. The average Bonchev–Trinajstić information content (AvgIpc) is 3.05. The molecule has 21 heavy (non-hydrogen) atoms. The molecule has 0 aromatic carbocycles. The van der Waals surface area contributed by atoms with Crippen molar-refractivity contribution in [2.45, 2.75) is 13.8 Å². The Morgan fingerprint density at radius 1 is 1.38 bits per heavy atom. The lowest BCUT2D eigenvalue weighted by Crippen LogP contribution is -2.11. The Labute approximate surface area is 129 Å². The molecule has 0 fully saturated rings. The summed E-state index contributed by atoms with van der Waals surface area (Å²) in [6.45, 7) is 8.04. The summed E-state index contributed by atoms with van der Waals surface area (Å²) in [5, 5.41) is 5.29. The molecule has 0 amide bonds. The van der Waals surface area contributed by atoms with Crippen molar-refractivity contribution in [2.75, 3.05) is 6.61 Å². The predicted octanol–water partition coefficient (Wildman–Crippen LogP) is 3.42. The van der Waals surface area contributed by atoms with Crippen molar-refractivity contribution in [3.8, 4) is 10.6 Å². The highest BCUT2D eigenvalue weighted by molar-refractivity contribution is 7.18. The number of fused-ring (bicyclic) bond motifs is 1. The number of thiophene rings is 1. The maximum Gasteiger partial charge on any atom is 0.260 e. The van der Waals surface area contributed by atoms with Crippen molar-refractivity contribution in [1.82, 2.24) is 15.0 Å². The second-order valence-corrected chi connectivity index (χ2v) is 6.11. The normalized spacial score (nSPS) is 11.0. The first-order valence-electron chi connectivity index (χ1n) is 6.36. The van der Waals surface area contributed by atoms with E-state index in [4.69, 9.17) is 4.74 Å². The van der Waals surface area contributed by atoms with E-state index in [1.165, 1.54) is 22.7 Å². The number of aromatic nitrogens is 3. The lowest BCUT2D eigenvalue weighted by molar-refractivity contribution is 0.296. The number of nitrogens with zero attached hydrogens (tertiary/aromatic N) is 2. The second kappa shape index (κ2) is 5.42. The van der Waals surface area contributed by atoms with Crippen LogP contribution in [0.3, 0.4) is 0 Å². The maximum atomic E-state index is 12.4. The number of ether oxygens (including phenoxy) is 1. The molecule has 0 saturated heterocycles. The topological polar surface area (TPSA) is 67.9 Å². The Kier molecular flexibility index (Phi) is 3.60. The number of rotatable bonds is 4. The quantitative estimate of drug-likeness (QED) is 0.748. The molecule has 0 atom stereocenters. The fourth-order valence-corrected chi connectivity index (χ4v) is 3.78. The summed E-state index contributed by atoms with van der Waals surface area (Å²) < 4.78 is 5.29. The first-order chi connectivity index (χ1) is 10.1. The molecule has 5 nitrogen and oxygen atoms in total. The summed E-state index contributed by atoms with van der Waals surface area (Å²) in [7, 11) is 0. The van der Waals surface area contributed by atoms with Crippen molar-refractivity contribution >= 4 is 38.6 Å². The molecule has 0 aliphatic heterocycles.